The fourth-order valence-electron chi connectivity index (χ4n) is 15.4. The number of ether oxygens (including phenoxy) is 2. The number of pyridine rings is 8. The van der Waals surface area contributed by atoms with Crippen LogP contribution in [0.5, 0.6) is 5.88 Å². The van der Waals surface area contributed by atoms with Crippen molar-refractivity contribution in [3.05, 3.63) is 229 Å². The fourth-order valence-corrected chi connectivity index (χ4v) is 15.4. The predicted molar refractivity (Wildman–Crippen MR) is 496 cm³/mol. The highest BCUT2D eigenvalue weighted by molar-refractivity contribution is 5.85. The van der Waals surface area contributed by atoms with Gasteiger partial charge in [-0.05, 0) is 158 Å². The SMILES string of the molecule is COc1cc2c(cn1)nc(-c1cn3c(C)nnc3c(NC(C)C)n1)n2Cc1ccccn1.Cc1cc2c(cn1)nc(-c1cn3c(C)nnc3c(NC(C)C)n1)n2Cc1ccccn1.Cc1cccc(Cn2c(-c3cn4c(C)nnc4c(NC(C)C)n3)nc3cnc(N4CCOCC4)cc32)n1.Cc1nnc2c(NC(C)C)nc(-c3nc4cnccc4n3Cc3ccccn3)cn12. The van der Waals surface area contributed by atoms with Crippen molar-refractivity contribution < 1.29 is 9.47 Å². The molecule has 0 amide bonds. The average Bonchev–Trinajstić information content (AvgIpc) is 1.62. The van der Waals surface area contributed by atoms with E-state index in [-0.39, 0.29) is 24.2 Å². The van der Waals surface area contributed by atoms with Gasteiger partial charge in [0.15, 0.2) is 46.6 Å². The van der Waals surface area contributed by atoms with Crippen LogP contribution < -0.4 is 30.9 Å². The molecule has 1 saturated heterocycles. The molecular formula is C91H97N37O2. The van der Waals surface area contributed by atoms with Gasteiger partial charge >= 0.3 is 0 Å². The number of imidazole rings is 4. The van der Waals surface area contributed by atoms with Crippen LogP contribution in [-0.4, -0.2) is 214 Å². The third-order valence-electron chi connectivity index (χ3n) is 21.4. The van der Waals surface area contributed by atoms with Crippen LogP contribution in [0, 0.1) is 41.5 Å². The Morgan fingerprint density at radius 3 is 1.11 bits per heavy atom. The Hall–Kier alpha value is -16.0. The van der Waals surface area contributed by atoms with Crippen LogP contribution in [0.3, 0.4) is 0 Å². The van der Waals surface area contributed by atoms with E-state index in [4.69, 9.17) is 59.3 Å². The summed E-state index contributed by atoms with van der Waals surface area (Å²) in [5.74, 6) is 10.2. The molecule has 0 unspecified atom stereocenters. The number of methoxy groups -OCH3 is 1. The Morgan fingerprint density at radius 2 is 0.715 bits per heavy atom. The van der Waals surface area contributed by atoms with Gasteiger partial charge in [0.05, 0.1) is 116 Å². The van der Waals surface area contributed by atoms with Gasteiger partial charge in [-0.2, -0.15) is 0 Å². The van der Waals surface area contributed by atoms with Gasteiger partial charge in [-0.3, -0.25) is 47.5 Å². The molecule has 0 spiro atoms. The van der Waals surface area contributed by atoms with Crippen molar-refractivity contribution in [2.45, 2.75) is 147 Å². The van der Waals surface area contributed by atoms with E-state index in [0.717, 1.165) is 155 Å². The average molecular weight is 1740 g/mol. The van der Waals surface area contributed by atoms with E-state index in [0.29, 0.717) is 103 Å². The number of morpholine rings is 1. The second-order valence-electron chi connectivity index (χ2n) is 32.7. The van der Waals surface area contributed by atoms with Crippen LogP contribution >= 0.6 is 0 Å². The summed E-state index contributed by atoms with van der Waals surface area (Å²) in [6, 6.07) is 32.5. The summed E-state index contributed by atoms with van der Waals surface area (Å²) >= 11 is 0. The standard InChI is InChI=1S/C26H30N10O.C22H23N9O.C22H23N9.C21H21N9/c1-16(2)28-24-26-33-32-18(4)35(26)15-21(30-24)25-31-20-13-27-23(34-8-10-37-11-9-34)12-22(20)36(25)14-19-7-5-6-17(3)29-19;1-13(2)25-20-22-29-28-14(3)30(22)12-17(26-20)21-27-16-10-24-19(32-4)9-18(16)31(21)11-15-7-5-6-8-23-15;1-13(2)25-20-22-29-28-15(4)30(22)12-18(26-20)21-27-17-10-24-14(3)9-19(17)31(21)11-16-7-5-6-8-23-16;1-13(2)24-19-21-28-27-14(3)29(21)12-17(25-19)20-26-16-10-22-9-7-18(16)30(20)11-15-6-4-5-8-23-15/h5-7,12-13,15-16H,8-11,14H2,1-4H3,(H,28,30);5-10,12-13H,11H2,1-4H3,(H,25,26);5-10,12-13H,11H2,1-4H3,(H,25,26);4-10,12-13H,11H2,1-3H3,(H,24,25). The lowest BCUT2D eigenvalue weighted by Gasteiger charge is -2.27. The highest BCUT2D eigenvalue weighted by Crippen LogP contribution is 2.35. The molecular weight excluding hydrogens is 1640 g/mol. The fraction of sp³-hybridized carbons (Fsp3) is 0.297. The highest BCUT2D eigenvalue weighted by Gasteiger charge is 2.27. The van der Waals surface area contributed by atoms with E-state index in [2.05, 4.69) is 177 Å². The van der Waals surface area contributed by atoms with E-state index in [9.17, 15) is 0 Å². The van der Waals surface area contributed by atoms with Gasteiger partial charge in [0, 0.05) is 110 Å². The van der Waals surface area contributed by atoms with E-state index >= 15 is 0 Å². The minimum absolute atomic E-state index is 0.180. The smallest absolute Gasteiger partial charge is 0.215 e. The van der Waals surface area contributed by atoms with Crippen molar-refractivity contribution in [3.63, 3.8) is 0 Å². The van der Waals surface area contributed by atoms with Gasteiger partial charge in [0.25, 0.3) is 0 Å². The van der Waals surface area contributed by atoms with Crippen LogP contribution in [0.15, 0.2) is 171 Å². The number of fused-ring (bicyclic) bond motifs is 8. The maximum atomic E-state index is 5.54. The minimum atomic E-state index is 0.180. The molecule has 0 radical (unpaired) electrons. The Bertz CT molecular complexity index is 7470. The number of aryl methyl sites for hydroxylation is 6. The van der Waals surface area contributed by atoms with Crippen molar-refractivity contribution >= 4 is 95.8 Å². The monoisotopic (exact) mass is 1740 g/mol. The molecule has 39 nitrogen and oxygen atoms in total. The molecule has 0 atom stereocenters. The minimum Gasteiger partial charge on any atom is -0.481 e. The first-order chi connectivity index (χ1) is 63.1. The van der Waals surface area contributed by atoms with Gasteiger partial charge in [-0.25, -0.2) is 49.8 Å². The third-order valence-corrected chi connectivity index (χ3v) is 21.4. The number of hydrogen-bond donors (Lipinski definition) is 4. The molecule has 0 bridgehead atoms. The molecule has 39 heteroatoms. The predicted octanol–water partition coefficient (Wildman–Crippen LogP) is 12.9. The van der Waals surface area contributed by atoms with Gasteiger partial charge in [0.2, 0.25) is 28.5 Å². The van der Waals surface area contributed by atoms with E-state index in [1.54, 1.807) is 50.5 Å². The normalized spacial score (nSPS) is 12.3. The Morgan fingerprint density at radius 1 is 0.346 bits per heavy atom. The molecule has 21 rings (SSSR count). The number of anilines is 5. The van der Waals surface area contributed by atoms with Crippen LogP contribution in [0.2, 0.25) is 0 Å². The zero-order valence-corrected chi connectivity index (χ0v) is 74.7. The zero-order valence-electron chi connectivity index (χ0n) is 74.7. The molecule has 658 valence electrons. The maximum absolute atomic E-state index is 5.54. The molecule has 0 aromatic carbocycles. The lowest BCUT2D eigenvalue weighted by atomic mass is 10.3. The first-order valence-corrected chi connectivity index (χ1v) is 42.9. The van der Waals surface area contributed by atoms with Crippen molar-refractivity contribution in [2.24, 2.45) is 0 Å². The molecule has 21 heterocycles. The first-order valence-electron chi connectivity index (χ1n) is 42.9. The quantitative estimate of drug-likeness (QED) is 0.0489. The maximum Gasteiger partial charge on any atom is 0.215 e. The number of hydrogen-bond acceptors (Lipinski definition) is 31. The van der Waals surface area contributed by atoms with Crippen LogP contribution in [0.4, 0.5) is 29.1 Å². The van der Waals surface area contributed by atoms with Crippen LogP contribution in [-0.2, 0) is 30.9 Å². The number of nitrogens with zero attached hydrogens (tertiary/aromatic N) is 33. The summed E-state index contributed by atoms with van der Waals surface area (Å²) in [7, 11) is 1.60. The van der Waals surface area contributed by atoms with Crippen molar-refractivity contribution in [2.75, 3.05) is 59.6 Å². The van der Waals surface area contributed by atoms with E-state index in [1.165, 1.54) is 0 Å². The van der Waals surface area contributed by atoms with Gasteiger partial charge in [0.1, 0.15) is 74.0 Å². The number of rotatable bonds is 22. The summed E-state index contributed by atoms with van der Waals surface area (Å²) in [5.41, 5.74) is 18.3. The Balaban J connectivity index is 0.000000117. The molecule has 1 aliphatic heterocycles. The second kappa shape index (κ2) is 36.5. The van der Waals surface area contributed by atoms with Crippen molar-refractivity contribution in [1.29, 1.82) is 0 Å². The van der Waals surface area contributed by atoms with E-state index < -0.39 is 0 Å². The summed E-state index contributed by atoms with van der Waals surface area (Å²) in [6.45, 7) is 33.4. The third kappa shape index (κ3) is 17.9. The lowest BCUT2D eigenvalue weighted by molar-refractivity contribution is 0.122. The highest BCUT2D eigenvalue weighted by atomic mass is 16.5. The molecule has 20 aromatic heterocycles. The molecule has 0 aliphatic carbocycles. The first kappa shape index (κ1) is 84.9. The molecule has 4 N–H and O–H groups in total. The number of nitrogens with one attached hydrogen (secondary N) is 4. The number of aromatic nitrogens is 32. The zero-order chi connectivity index (χ0) is 90.0. The lowest BCUT2D eigenvalue weighted by Crippen LogP contribution is -2.36. The Labute approximate surface area is 745 Å². The van der Waals surface area contributed by atoms with Crippen LogP contribution in [0.25, 0.3) is 113 Å². The summed E-state index contributed by atoms with van der Waals surface area (Å²) in [6.07, 6.45) is 22.0. The summed E-state index contributed by atoms with van der Waals surface area (Å²) in [5, 5.41) is 47.7. The topological polar surface area (TPSA) is 417 Å². The molecule has 1 aliphatic rings. The summed E-state index contributed by atoms with van der Waals surface area (Å²) < 4.78 is 27.2. The second-order valence-corrected chi connectivity index (χ2v) is 32.7. The van der Waals surface area contributed by atoms with Gasteiger partial charge < -0.3 is 53.9 Å². The molecule has 0 saturated carbocycles. The summed E-state index contributed by atoms with van der Waals surface area (Å²) in [4.78, 5) is 77.4. The van der Waals surface area contributed by atoms with Crippen molar-refractivity contribution in [3.8, 4) is 52.0 Å². The molecule has 1 fully saturated rings. The van der Waals surface area contributed by atoms with Gasteiger partial charge in [-0.1, -0.05) is 24.3 Å². The van der Waals surface area contributed by atoms with Gasteiger partial charge in [-0.15, -0.1) is 40.8 Å². The molecule has 130 heavy (non-hydrogen) atoms. The van der Waals surface area contributed by atoms with Crippen molar-refractivity contribution in [1.82, 2.24) is 156 Å². The molecule has 20 aromatic rings. The largest absolute Gasteiger partial charge is 0.481 e. The van der Waals surface area contributed by atoms with Crippen LogP contribution in [0.1, 0.15) is 113 Å². The Kier molecular flexibility index (Phi) is 23.9. The van der Waals surface area contributed by atoms with E-state index in [1.807, 2.05) is 181 Å².